The number of nitrogens with zero attached hydrogens (tertiary/aromatic N) is 5. The van der Waals surface area contributed by atoms with Gasteiger partial charge in [0.25, 0.3) is 0 Å². The Bertz CT molecular complexity index is 1040. The monoisotopic (exact) mass is 423 g/mol. The maximum Gasteiger partial charge on any atom is 0.229 e. The molecule has 0 aliphatic rings. The third-order valence-corrected chi connectivity index (χ3v) is 5.42. The fourth-order valence-corrected chi connectivity index (χ4v) is 3.70. The summed E-state index contributed by atoms with van der Waals surface area (Å²) in [5, 5.41) is 25.1. The molecule has 9 nitrogen and oxygen atoms in total. The zero-order valence-corrected chi connectivity index (χ0v) is 18.3. The van der Waals surface area contributed by atoms with Gasteiger partial charge in [0.2, 0.25) is 5.95 Å². The largest absolute Gasteiger partial charge is 0.379 e. The van der Waals surface area contributed by atoms with Crippen molar-refractivity contribution in [3.63, 3.8) is 0 Å². The topological polar surface area (TPSA) is 123 Å². The summed E-state index contributed by atoms with van der Waals surface area (Å²) in [5.74, 6) is 1.11. The Balaban J connectivity index is 1.85. The van der Waals surface area contributed by atoms with Crippen molar-refractivity contribution in [1.29, 1.82) is 5.26 Å². The van der Waals surface area contributed by atoms with Gasteiger partial charge in [-0.2, -0.15) is 10.2 Å². The summed E-state index contributed by atoms with van der Waals surface area (Å²) in [5.41, 5.74) is 3.52. The summed E-state index contributed by atoms with van der Waals surface area (Å²) in [4.78, 5) is 17.8. The average Bonchev–Trinajstić information content (AvgIpc) is 3.19. The van der Waals surface area contributed by atoms with Crippen LogP contribution in [0, 0.1) is 18.3 Å². The molecule has 0 aromatic carbocycles. The molecule has 3 rings (SSSR count). The molecule has 10 heteroatoms. The Morgan fingerprint density at radius 2 is 2.03 bits per heavy atom. The first kappa shape index (κ1) is 21.4. The Hall–Kier alpha value is -3.29. The molecular formula is C20H25N9S. The summed E-state index contributed by atoms with van der Waals surface area (Å²) < 4.78 is 0. The van der Waals surface area contributed by atoms with Crippen LogP contribution in [0.3, 0.4) is 0 Å². The second kappa shape index (κ2) is 9.96. The van der Waals surface area contributed by atoms with E-state index < -0.39 is 0 Å². The van der Waals surface area contributed by atoms with Crippen LogP contribution in [-0.4, -0.2) is 46.6 Å². The Morgan fingerprint density at radius 1 is 1.20 bits per heavy atom. The second-order valence-corrected chi connectivity index (χ2v) is 7.52. The molecule has 0 spiro atoms. The van der Waals surface area contributed by atoms with Crippen molar-refractivity contribution >= 4 is 34.5 Å². The van der Waals surface area contributed by atoms with Crippen LogP contribution in [0.25, 0.3) is 10.6 Å². The van der Waals surface area contributed by atoms with Crippen LogP contribution in [-0.2, 0) is 0 Å². The van der Waals surface area contributed by atoms with Crippen molar-refractivity contribution in [2.75, 3.05) is 36.6 Å². The molecule has 0 bridgehead atoms. The van der Waals surface area contributed by atoms with Crippen LogP contribution in [0.1, 0.15) is 24.7 Å². The van der Waals surface area contributed by atoms with Gasteiger partial charge in [0.1, 0.15) is 16.9 Å². The number of anilines is 4. The van der Waals surface area contributed by atoms with Crippen molar-refractivity contribution in [2.45, 2.75) is 26.3 Å². The number of hydrogen-bond acceptors (Lipinski definition) is 10. The number of aryl methyl sites for hydroxylation is 1. The maximum atomic E-state index is 9.40. The lowest BCUT2D eigenvalue weighted by Crippen LogP contribution is -2.30. The highest BCUT2D eigenvalue weighted by atomic mass is 32.1. The second-order valence-electron chi connectivity index (χ2n) is 6.66. The van der Waals surface area contributed by atoms with E-state index in [-0.39, 0.29) is 6.04 Å². The molecule has 0 saturated carbocycles. The summed E-state index contributed by atoms with van der Waals surface area (Å²) in [7, 11) is 3.72. The number of nitrogens with one attached hydrogen (secondary N) is 4. The van der Waals surface area contributed by atoms with Gasteiger partial charge in [0.05, 0.1) is 23.1 Å². The van der Waals surface area contributed by atoms with E-state index in [9.17, 15) is 5.26 Å². The first-order valence-corrected chi connectivity index (χ1v) is 10.5. The SMILES string of the molecule is CCC(CNC)Nc1cc(Nc2ncc(-c3nc(C)cs3)c(NC)n2)cnc1C#N. The van der Waals surface area contributed by atoms with E-state index in [1.165, 1.54) is 0 Å². The Morgan fingerprint density at radius 3 is 2.67 bits per heavy atom. The minimum Gasteiger partial charge on any atom is -0.379 e. The lowest BCUT2D eigenvalue weighted by molar-refractivity contribution is 0.636. The van der Waals surface area contributed by atoms with Crippen molar-refractivity contribution in [3.05, 3.63) is 35.2 Å². The van der Waals surface area contributed by atoms with Gasteiger partial charge in [-0.25, -0.2) is 15.0 Å². The van der Waals surface area contributed by atoms with Gasteiger partial charge in [0, 0.05) is 36.9 Å². The number of hydrogen-bond donors (Lipinski definition) is 4. The molecule has 0 saturated heterocycles. The molecule has 0 amide bonds. The van der Waals surface area contributed by atoms with Gasteiger partial charge in [-0.15, -0.1) is 11.3 Å². The zero-order valence-electron chi connectivity index (χ0n) is 17.4. The lowest BCUT2D eigenvalue weighted by Gasteiger charge is -2.19. The fourth-order valence-electron chi connectivity index (χ4n) is 2.89. The van der Waals surface area contributed by atoms with Crippen molar-refractivity contribution in [1.82, 2.24) is 25.3 Å². The number of nitriles is 1. The van der Waals surface area contributed by atoms with Gasteiger partial charge < -0.3 is 21.3 Å². The molecule has 4 N–H and O–H groups in total. The van der Waals surface area contributed by atoms with Crippen LogP contribution >= 0.6 is 11.3 Å². The summed E-state index contributed by atoms with van der Waals surface area (Å²) in [6.07, 6.45) is 4.26. The number of rotatable bonds is 9. The molecule has 0 fully saturated rings. The predicted molar refractivity (Wildman–Crippen MR) is 121 cm³/mol. The lowest BCUT2D eigenvalue weighted by atomic mass is 10.2. The standard InChI is InChI=1S/C20H25N9S/c1-5-13(8-22-3)27-16-6-14(9-24-17(16)7-21)28-20-25-10-15(18(23-4)29-20)19-26-12(2)11-30-19/h6,9-11,13,22,27H,5,8H2,1-4H3,(H2,23,25,28,29). The minimum absolute atomic E-state index is 0.187. The Kier molecular flexibility index (Phi) is 7.11. The van der Waals surface area contributed by atoms with E-state index in [0.717, 1.165) is 29.2 Å². The van der Waals surface area contributed by atoms with Gasteiger partial charge >= 0.3 is 0 Å². The van der Waals surface area contributed by atoms with E-state index in [0.29, 0.717) is 28.8 Å². The van der Waals surface area contributed by atoms with Crippen LogP contribution < -0.4 is 21.3 Å². The molecule has 3 aromatic rings. The molecule has 0 radical (unpaired) electrons. The quantitative estimate of drug-likeness (QED) is 0.410. The zero-order chi connectivity index (χ0) is 21.5. The highest BCUT2D eigenvalue weighted by molar-refractivity contribution is 7.13. The van der Waals surface area contributed by atoms with E-state index in [2.05, 4.69) is 54.2 Å². The van der Waals surface area contributed by atoms with Crippen LogP contribution in [0.15, 0.2) is 23.8 Å². The van der Waals surface area contributed by atoms with E-state index >= 15 is 0 Å². The third-order valence-electron chi connectivity index (χ3n) is 4.43. The number of likely N-dealkylation sites (N-methyl/N-ethyl adjacent to an activating group) is 1. The molecule has 1 unspecified atom stereocenters. The average molecular weight is 424 g/mol. The predicted octanol–water partition coefficient (Wildman–Crippen LogP) is 3.37. The molecule has 3 aromatic heterocycles. The molecule has 30 heavy (non-hydrogen) atoms. The smallest absolute Gasteiger partial charge is 0.229 e. The van der Waals surface area contributed by atoms with Crippen molar-refractivity contribution in [2.24, 2.45) is 0 Å². The number of aromatic nitrogens is 4. The van der Waals surface area contributed by atoms with Crippen molar-refractivity contribution < 1.29 is 0 Å². The summed E-state index contributed by atoms with van der Waals surface area (Å²) >= 11 is 1.55. The maximum absolute atomic E-state index is 9.40. The fraction of sp³-hybridized carbons (Fsp3) is 0.350. The first-order valence-electron chi connectivity index (χ1n) is 9.63. The van der Waals surface area contributed by atoms with Crippen LogP contribution in [0.4, 0.5) is 23.1 Å². The van der Waals surface area contributed by atoms with E-state index in [1.54, 1.807) is 23.7 Å². The number of thiazole rings is 1. The molecule has 1 atom stereocenters. The Labute approximate surface area is 180 Å². The molecule has 0 aliphatic heterocycles. The highest BCUT2D eigenvalue weighted by Gasteiger charge is 2.14. The first-order chi connectivity index (χ1) is 14.6. The van der Waals surface area contributed by atoms with Crippen LogP contribution in [0.2, 0.25) is 0 Å². The van der Waals surface area contributed by atoms with Gasteiger partial charge in [0.15, 0.2) is 5.69 Å². The summed E-state index contributed by atoms with van der Waals surface area (Å²) in [6, 6.07) is 4.17. The van der Waals surface area contributed by atoms with Gasteiger partial charge in [-0.1, -0.05) is 6.92 Å². The normalized spacial score (nSPS) is 11.6. The summed E-state index contributed by atoms with van der Waals surface area (Å²) in [6.45, 7) is 4.83. The molecule has 0 aliphatic carbocycles. The van der Waals surface area contributed by atoms with E-state index in [1.807, 2.05) is 32.5 Å². The molecule has 3 heterocycles. The van der Waals surface area contributed by atoms with Gasteiger partial charge in [-0.05, 0) is 26.5 Å². The molecule has 156 valence electrons. The van der Waals surface area contributed by atoms with Gasteiger partial charge in [-0.3, -0.25) is 0 Å². The minimum atomic E-state index is 0.187. The number of pyridine rings is 1. The van der Waals surface area contributed by atoms with E-state index in [4.69, 9.17) is 0 Å². The van der Waals surface area contributed by atoms with Crippen molar-refractivity contribution in [3.8, 4) is 16.6 Å². The third kappa shape index (κ3) is 5.00. The molecular weight excluding hydrogens is 398 g/mol. The highest BCUT2D eigenvalue weighted by Crippen LogP contribution is 2.30. The van der Waals surface area contributed by atoms with Crippen LogP contribution in [0.5, 0.6) is 0 Å².